The van der Waals surface area contributed by atoms with Gasteiger partial charge in [0.1, 0.15) is 11.4 Å². The molecular weight excluding hydrogens is 424 g/mol. The average molecular weight is 447 g/mol. The van der Waals surface area contributed by atoms with Gasteiger partial charge in [-0.15, -0.1) is 0 Å². The maximum Gasteiger partial charge on any atom is 0.282 e. The third-order valence-electron chi connectivity index (χ3n) is 5.24. The van der Waals surface area contributed by atoms with E-state index in [1.807, 2.05) is 31.2 Å². The molecule has 3 aromatic rings. The number of nitrogens with zero attached hydrogens (tertiary/aromatic N) is 1. The molecule has 0 aromatic heterocycles. The Morgan fingerprint density at radius 1 is 0.906 bits per heavy atom. The predicted octanol–water partition coefficient (Wildman–Crippen LogP) is 5.70. The van der Waals surface area contributed by atoms with Crippen molar-refractivity contribution in [3.63, 3.8) is 0 Å². The lowest BCUT2D eigenvalue weighted by atomic mass is 10.0. The van der Waals surface area contributed by atoms with E-state index in [9.17, 15) is 9.59 Å². The van der Waals surface area contributed by atoms with Gasteiger partial charge in [0.25, 0.3) is 11.8 Å². The minimum absolute atomic E-state index is 0.225. The molecule has 32 heavy (non-hydrogen) atoms. The molecule has 0 unspecified atom stereocenters. The van der Waals surface area contributed by atoms with Crippen LogP contribution in [0, 0.1) is 0 Å². The highest BCUT2D eigenvalue weighted by Gasteiger charge is 2.40. The first-order valence-electron chi connectivity index (χ1n) is 10.5. The number of carbonyl (C=O) groups excluding carboxylic acids is 2. The van der Waals surface area contributed by atoms with E-state index >= 15 is 0 Å². The number of nitrogens with one attached hydrogen (secondary N) is 1. The Morgan fingerprint density at radius 2 is 1.62 bits per heavy atom. The molecule has 2 amide bonds. The zero-order valence-corrected chi connectivity index (χ0v) is 18.6. The van der Waals surface area contributed by atoms with Crippen molar-refractivity contribution in [1.29, 1.82) is 0 Å². The van der Waals surface area contributed by atoms with Crippen LogP contribution in [0.15, 0.2) is 78.5 Å². The lowest BCUT2D eigenvalue weighted by Crippen LogP contribution is -2.32. The summed E-state index contributed by atoms with van der Waals surface area (Å²) >= 11 is 6.12. The fourth-order valence-electron chi connectivity index (χ4n) is 3.62. The van der Waals surface area contributed by atoms with Gasteiger partial charge in [-0.25, -0.2) is 4.90 Å². The number of imide groups is 1. The lowest BCUT2D eigenvalue weighted by Gasteiger charge is -2.15. The monoisotopic (exact) mass is 446 g/mol. The van der Waals surface area contributed by atoms with Gasteiger partial charge in [-0.1, -0.05) is 48.9 Å². The van der Waals surface area contributed by atoms with Gasteiger partial charge in [-0.3, -0.25) is 9.59 Å². The molecule has 6 heteroatoms. The van der Waals surface area contributed by atoms with Gasteiger partial charge in [0.05, 0.1) is 17.9 Å². The van der Waals surface area contributed by atoms with E-state index in [1.54, 1.807) is 48.5 Å². The number of aryl methyl sites for hydroxylation is 1. The smallest absolute Gasteiger partial charge is 0.282 e. The molecule has 0 atom stereocenters. The molecule has 0 saturated heterocycles. The molecule has 3 aromatic carbocycles. The van der Waals surface area contributed by atoms with Crippen molar-refractivity contribution in [3.8, 4) is 5.75 Å². The van der Waals surface area contributed by atoms with E-state index in [0.717, 1.165) is 17.0 Å². The van der Waals surface area contributed by atoms with Gasteiger partial charge in [-0.05, 0) is 66.9 Å². The van der Waals surface area contributed by atoms with Crippen molar-refractivity contribution in [2.45, 2.75) is 20.3 Å². The highest BCUT2D eigenvalue weighted by Crippen LogP contribution is 2.35. The zero-order valence-electron chi connectivity index (χ0n) is 17.9. The summed E-state index contributed by atoms with van der Waals surface area (Å²) in [6.45, 7) is 4.53. The number of ether oxygens (including phenoxy) is 1. The Kier molecular flexibility index (Phi) is 6.28. The number of hydrogen-bond donors (Lipinski definition) is 1. The van der Waals surface area contributed by atoms with Gasteiger partial charge in [0, 0.05) is 10.7 Å². The molecule has 0 aliphatic carbocycles. The quantitative estimate of drug-likeness (QED) is 0.473. The third kappa shape index (κ3) is 4.25. The summed E-state index contributed by atoms with van der Waals surface area (Å²) in [6, 6.07) is 21.7. The SMILES string of the molecule is CCOc1ccc(C2=C(Nc3ccc(CC)cc3)C(=O)N(c3cccc(Cl)c3)C2=O)cc1. The van der Waals surface area contributed by atoms with Crippen LogP contribution >= 0.6 is 11.6 Å². The van der Waals surface area contributed by atoms with Crippen LogP contribution in [0.1, 0.15) is 25.0 Å². The molecule has 4 rings (SSSR count). The standard InChI is InChI=1S/C26H23ClN2O3/c1-3-17-8-12-20(13-9-17)28-24-23(18-10-14-22(15-11-18)32-4-2)25(30)29(26(24)31)21-7-5-6-19(27)16-21/h5-16,28H,3-4H2,1-2H3. The first kappa shape index (κ1) is 21.7. The maximum atomic E-state index is 13.5. The van der Waals surface area contributed by atoms with E-state index < -0.39 is 11.8 Å². The van der Waals surface area contributed by atoms with Crippen LogP contribution in [0.2, 0.25) is 5.02 Å². The summed E-state index contributed by atoms with van der Waals surface area (Å²) in [5.41, 5.74) is 3.50. The number of carbonyl (C=O) groups is 2. The number of halogens is 1. The van der Waals surface area contributed by atoms with E-state index in [-0.39, 0.29) is 5.70 Å². The van der Waals surface area contributed by atoms with E-state index in [1.165, 1.54) is 5.56 Å². The number of rotatable bonds is 7. The Labute approximate surface area is 192 Å². The van der Waals surface area contributed by atoms with Crippen molar-refractivity contribution >= 4 is 40.4 Å². The molecule has 0 fully saturated rings. The molecule has 1 heterocycles. The molecule has 0 saturated carbocycles. The Balaban J connectivity index is 1.77. The molecule has 162 valence electrons. The van der Waals surface area contributed by atoms with Crippen molar-refractivity contribution in [2.75, 3.05) is 16.8 Å². The number of anilines is 2. The van der Waals surface area contributed by atoms with Crippen LogP contribution in [0.3, 0.4) is 0 Å². The van der Waals surface area contributed by atoms with E-state index in [0.29, 0.717) is 34.2 Å². The summed E-state index contributed by atoms with van der Waals surface area (Å²) in [6.07, 6.45) is 0.917. The van der Waals surface area contributed by atoms with Crippen LogP contribution in [-0.2, 0) is 16.0 Å². The normalized spacial score (nSPS) is 13.7. The second-order valence-corrected chi connectivity index (χ2v) is 7.74. The Morgan fingerprint density at radius 3 is 2.25 bits per heavy atom. The largest absolute Gasteiger partial charge is 0.494 e. The van der Waals surface area contributed by atoms with E-state index in [4.69, 9.17) is 16.3 Å². The molecule has 0 bridgehead atoms. The van der Waals surface area contributed by atoms with Crippen LogP contribution in [-0.4, -0.2) is 18.4 Å². The van der Waals surface area contributed by atoms with Crippen LogP contribution in [0.4, 0.5) is 11.4 Å². The van der Waals surface area contributed by atoms with E-state index in [2.05, 4.69) is 12.2 Å². The summed E-state index contributed by atoms with van der Waals surface area (Å²) in [4.78, 5) is 28.1. The molecule has 1 N–H and O–H groups in total. The number of amides is 2. The zero-order chi connectivity index (χ0) is 22.7. The second-order valence-electron chi connectivity index (χ2n) is 7.31. The summed E-state index contributed by atoms with van der Waals surface area (Å²) in [5.74, 6) is -0.139. The maximum absolute atomic E-state index is 13.5. The molecule has 0 radical (unpaired) electrons. The second kappa shape index (κ2) is 9.28. The highest BCUT2D eigenvalue weighted by molar-refractivity contribution is 6.46. The first-order valence-corrected chi connectivity index (χ1v) is 10.9. The van der Waals surface area contributed by atoms with Gasteiger partial charge < -0.3 is 10.1 Å². The van der Waals surface area contributed by atoms with Crippen molar-refractivity contribution in [3.05, 3.63) is 94.6 Å². The minimum Gasteiger partial charge on any atom is -0.494 e. The summed E-state index contributed by atoms with van der Waals surface area (Å²) in [7, 11) is 0. The molecule has 1 aliphatic heterocycles. The fraction of sp³-hybridized carbons (Fsp3) is 0.154. The highest BCUT2D eigenvalue weighted by atomic mass is 35.5. The van der Waals surface area contributed by atoms with Crippen molar-refractivity contribution < 1.29 is 14.3 Å². The van der Waals surface area contributed by atoms with Crippen molar-refractivity contribution in [1.82, 2.24) is 0 Å². The molecule has 0 spiro atoms. The Hall–Kier alpha value is -3.57. The van der Waals surface area contributed by atoms with Gasteiger partial charge in [0.15, 0.2) is 0 Å². The van der Waals surface area contributed by atoms with Gasteiger partial charge in [-0.2, -0.15) is 0 Å². The topological polar surface area (TPSA) is 58.6 Å². The number of benzene rings is 3. The molecule has 5 nitrogen and oxygen atoms in total. The molecular formula is C26H23ClN2O3. The summed E-state index contributed by atoms with van der Waals surface area (Å²) < 4.78 is 5.51. The average Bonchev–Trinajstić information content (AvgIpc) is 3.04. The third-order valence-corrected chi connectivity index (χ3v) is 5.47. The van der Waals surface area contributed by atoms with Crippen LogP contribution in [0.5, 0.6) is 5.75 Å². The van der Waals surface area contributed by atoms with Gasteiger partial charge in [0.2, 0.25) is 0 Å². The van der Waals surface area contributed by atoms with Crippen LogP contribution in [0.25, 0.3) is 5.57 Å². The van der Waals surface area contributed by atoms with Gasteiger partial charge >= 0.3 is 0 Å². The summed E-state index contributed by atoms with van der Waals surface area (Å²) in [5, 5.41) is 3.62. The first-order chi connectivity index (χ1) is 15.5. The minimum atomic E-state index is -0.430. The van der Waals surface area contributed by atoms with Crippen LogP contribution < -0.4 is 15.0 Å². The fourth-order valence-corrected chi connectivity index (χ4v) is 3.80. The van der Waals surface area contributed by atoms with Crippen molar-refractivity contribution in [2.24, 2.45) is 0 Å². The Bertz CT molecular complexity index is 1180. The predicted molar refractivity (Wildman–Crippen MR) is 128 cm³/mol. The molecule has 1 aliphatic rings. The lowest BCUT2D eigenvalue weighted by molar-refractivity contribution is -0.120. The number of hydrogen-bond acceptors (Lipinski definition) is 4.